The van der Waals surface area contributed by atoms with Crippen LogP contribution in [0.3, 0.4) is 0 Å². The van der Waals surface area contributed by atoms with E-state index in [1.807, 2.05) is 0 Å². The molecule has 0 aliphatic carbocycles. The van der Waals surface area contributed by atoms with Crippen molar-refractivity contribution in [2.24, 2.45) is 0 Å². The second kappa shape index (κ2) is 6.21. The molecule has 0 saturated heterocycles. The molecule has 20 heavy (non-hydrogen) atoms. The van der Waals surface area contributed by atoms with Gasteiger partial charge in [0.25, 0.3) is 0 Å². The molecule has 0 saturated carbocycles. The summed E-state index contributed by atoms with van der Waals surface area (Å²) in [6, 6.07) is 5.06. The predicted octanol–water partition coefficient (Wildman–Crippen LogP) is 0.451. The third kappa shape index (κ3) is 5.20. The van der Waals surface area contributed by atoms with E-state index in [1.54, 1.807) is 6.92 Å². The van der Waals surface area contributed by atoms with Crippen LogP contribution in [-0.4, -0.2) is 40.0 Å². The van der Waals surface area contributed by atoms with Crippen LogP contribution in [0.2, 0.25) is 0 Å². The Morgan fingerprint density at radius 3 is 2.00 bits per heavy atom. The molecule has 0 radical (unpaired) electrons. The lowest BCUT2D eigenvalue weighted by molar-refractivity contribution is 0.199. The Kier molecular flexibility index (Phi) is 5.31. The van der Waals surface area contributed by atoms with E-state index >= 15 is 0 Å². The number of aliphatic hydroxyl groups is 1. The van der Waals surface area contributed by atoms with Crippen LogP contribution in [0.15, 0.2) is 29.2 Å². The highest BCUT2D eigenvalue weighted by Gasteiger charge is 2.20. The van der Waals surface area contributed by atoms with Crippen molar-refractivity contribution in [3.05, 3.63) is 29.8 Å². The number of sulfonamides is 1. The van der Waals surface area contributed by atoms with Crippen molar-refractivity contribution in [1.29, 1.82) is 0 Å². The van der Waals surface area contributed by atoms with Crippen molar-refractivity contribution in [2.75, 3.05) is 12.0 Å². The maximum Gasteiger partial charge on any atom is 0.240 e. The fourth-order valence-corrected chi connectivity index (χ4v) is 4.09. The minimum atomic E-state index is -3.77. The zero-order valence-electron chi connectivity index (χ0n) is 11.6. The molecular formula is C12H19NO5S2. The summed E-state index contributed by atoms with van der Waals surface area (Å²) in [6.07, 6.45) is 0.374. The Bertz CT molecular complexity index is 648. The summed E-state index contributed by atoms with van der Waals surface area (Å²) in [4.78, 5) is 0.0299. The number of rotatable bonds is 6. The molecule has 1 rings (SSSR count). The van der Waals surface area contributed by atoms with E-state index in [2.05, 4.69) is 4.72 Å². The molecule has 0 amide bonds. The van der Waals surface area contributed by atoms with Gasteiger partial charge in [-0.2, -0.15) is 0 Å². The molecule has 0 bridgehead atoms. The van der Waals surface area contributed by atoms with Crippen LogP contribution in [0.4, 0.5) is 0 Å². The van der Waals surface area contributed by atoms with Crippen molar-refractivity contribution in [3.8, 4) is 0 Å². The normalized spacial score (nSPS) is 15.8. The SMILES string of the molecule is CC(CS(C)(=O)=O)NS(=O)(=O)c1ccc(C(C)O)cc1. The van der Waals surface area contributed by atoms with E-state index < -0.39 is 32.0 Å². The van der Waals surface area contributed by atoms with Gasteiger partial charge in [0.05, 0.1) is 16.8 Å². The van der Waals surface area contributed by atoms with Crippen molar-refractivity contribution in [1.82, 2.24) is 4.72 Å². The molecule has 8 heteroatoms. The lowest BCUT2D eigenvalue weighted by Crippen LogP contribution is -2.37. The molecule has 0 fully saturated rings. The average Bonchev–Trinajstić information content (AvgIpc) is 2.25. The van der Waals surface area contributed by atoms with E-state index in [-0.39, 0.29) is 10.6 Å². The second-order valence-corrected chi connectivity index (χ2v) is 8.76. The van der Waals surface area contributed by atoms with Crippen LogP contribution in [0.5, 0.6) is 0 Å². The standard InChI is InChI=1S/C12H19NO5S2/c1-9(8-19(3,15)16)13-20(17,18)12-6-4-11(5-7-12)10(2)14/h4-7,9-10,13-14H,8H2,1-3H3. The van der Waals surface area contributed by atoms with E-state index in [9.17, 15) is 21.9 Å². The van der Waals surface area contributed by atoms with Gasteiger partial charge in [0.2, 0.25) is 10.0 Å². The maximum atomic E-state index is 12.0. The molecule has 6 nitrogen and oxygen atoms in total. The van der Waals surface area contributed by atoms with Crippen LogP contribution >= 0.6 is 0 Å². The fourth-order valence-electron chi connectivity index (χ4n) is 1.75. The van der Waals surface area contributed by atoms with Gasteiger partial charge in [-0.05, 0) is 31.5 Å². The Morgan fingerprint density at radius 1 is 1.10 bits per heavy atom. The molecule has 1 aromatic carbocycles. The highest BCUT2D eigenvalue weighted by Crippen LogP contribution is 2.16. The van der Waals surface area contributed by atoms with Crippen LogP contribution in [0.1, 0.15) is 25.5 Å². The van der Waals surface area contributed by atoms with Gasteiger partial charge >= 0.3 is 0 Å². The highest BCUT2D eigenvalue weighted by molar-refractivity contribution is 7.91. The summed E-state index contributed by atoms with van der Waals surface area (Å²) in [5, 5.41) is 9.36. The molecule has 2 N–H and O–H groups in total. The number of hydrogen-bond acceptors (Lipinski definition) is 5. The third-order valence-electron chi connectivity index (χ3n) is 2.58. The lowest BCUT2D eigenvalue weighted by atomic mass is 10.1. The summed E-state index contributed by atoms with van der Waals surface area (Å²) in [7, 11) is -7.03. The van der Waals surface area contributed by atoms with Crippen molar-refractivity contribution < 1.29 is 21.9 Å². The molecular weight excluding hydrogens is 302 g/mol. The number of benzene rings is 1. The number of sulfone groups is 1. The van der Waals surface area contributed by atoms with Gasteiger partial charge in [-0.1, -0.05) is 12.1 Å². The summed E-state index contributed by atoms with van der Waals surface area (Å²) < 4.78 is 48.6. The summed E-state index contributed by atoms with van der Waals surface area (Å²) in [5.74, 6) is -0.266. The smallest absolute Gasteiger partial charge is 0.240 e. The second-order valence-electron chi connectivity index (χ2n) is 4.86. The van der Waals surface area contributed by atoms with E-state index in [1.165, 1.54) is 31.2 Å². The minimum Gasteiger partial charge on any atom is -0.389 e. The predicted molar refractivity (Wildman–Crippen MR) is 76.6 cm³/mol. The number of aliphatic hydroxyl groups excluding tert-OH is 1. The quantitative estimate of drug-likeness (QED) is 0.792. The Labute approximate surface area is 119 Å². The summed E-state index contributed by atoms with van der Waals surface area (Å²) in [5.41, 5.74) is 0.605. The van der Waals surface area contributed by atoms with Gasteiger partial charge < -0.3 is 5.11 Å². The first-order chi connectivity index (χ1) is 9.01. The topological polar surface area (TPSA) is 101 Å². The first-order valence-corrected chi connectivity index (χ1v) is 9.54. The molecule has 0 heterocycles. The molecule has 0 aliphatic heterocycles. The zero-order chi connectivity index (χ0) is 15.6. The third-order valence-corrected chi connectivity index (χ3v) is 5.29. The highest BCUT2D eigenvalue weighted by atomic mass is 32.2. The first kappa shape index (κ1) is 17.1. The summed E-state index contributed by atoms with van der Waals surface area (Å²) >= 11 is 0. The van der Waals surface area contributed by atoms with Crippen LogP contribution in [-0.2, 0) is 19.9 Å². The van der Waals surface area contributed by atoms with E-state index in [4.69, 9.17) is 0 Å². The van der Waals surface area contributed by atoms with Gasteiger partial charge in [-0.25, -0.2) is 21.6 Å². The Hall–Kier alpha value is -0.960. The fraction of sp³-hybridized carbons (Fsp3) is 0.500. The van der Waals surface area contributed by atoms with E-state index in [0.29, 0.717) is 5.56 Å². The van der Waals surface area contributed by atoms with Crippen molar-refractivity contribution in [3.63, 3.8) is 0 Å². The summed E-state index contributed by atoms with van der Waals surface area (Å²) in [6.45, 7) is 3.07. The van der Waals surface area contributed by atoms with E-state index in [0.717, 1.165) is 6.26 Å². The zero-order valence-corrected chi connectivity index (χ0v) is 13.2. The van der Waals surface area contributed by atoms with Gasteiger partial charge in [0.15, 0.2) is 0 Å². The van der Waals surface area contributed by atoms with Gasteiger partial charge in [-0.3, -0.25) is 0 Å². The molecule has 0 spiro atoms. The molecule has 2 atom stereocenters. The minimum absolute atomic E-state index is 0.0299. The number of nitrogens with one attached hydrogen (secondary N) is 1. The molecule has 2 unspecified atom stereocenters. The monoisotopic (exact) mass is 321 g/mol. The van der Waals surface area contributed by atoms with Crippen LogP contribution < -0.4 is 4.72 Å². The number of hydrogen-bond donors (Lipinski definition) is 2. The van der Waals surface area contributed by atoms with Crippen LogP contribution in [0.25, 0.3) is 0 Å². The first-order valence-electron chi connectivity index (χ1n) is 5.99. The van der Waals surface area contributed by atoms with Gasteiger partial charge in [0, 0.05) is 12.3 Å². The molecule has 0 aromatic heterocycles. The molecule has 1 aromatic rings. The van der Waals surface area contributed by atoms with Crippen molar-refractivity contribution >= 4 is 19.9 Å². The lowest BCUT2D eigenvalue weighted by Gasteiger charge is -2.13. The maximum absolute atomic E-state index is 12.0. The van der Waals surface area contributed by atoms with Gasteiger partial charge in [-0.15, -0.1) is 0 Å². The molecule has 0 aliphatic rings. The van der Waals surface area contributed by atoms with Gasteiger partial charge in [0.1, 0.15) is 9.84 Å². The van der Waals surface area contributed by atoms with Crippen LogP contribution in [0, 0.1) is 0 Å². The van der Waals surface area contributed by atoms with Crippen molar-refractivity contribution in [2.45, 2.75) is 30.9 Å². The Morgan fingerprint density at radius 2 is 1.60 bits per heavy atom. The average molecular weight is 321 g/mol. The Balaban J connectivity index is 2.88. The largest absolute Gasteiger partial charge is 0.389 e. The molecule has 114 valence electrons.